The fourth-order valence-corrected chi connectivity index (χ4v) is 6.91. The SMILES string of the molecule is C[C@H]1[C@H](O)[C@@H](COP(=O)(O)[C@@H]2C(O)[C@@H](CO)O[C@H]2n2cnc3c(=O)[nH]c(N)nc32)O[C@H]1n1cnc2c(N)ncnc21. The number of aromatic amines is 1. The van der Waals surface area contributed by atoms with Gasteiger partial charge in [-0.3, -0.25) is 23.5 Å². The molecular weight excluding hydrogens is 567 g/mol. The Morgan fingerprint density at radius 2 is 1.71 bits per heavy atom. The van der Waals surface area contributed by atoms with Gasteiger partial charge in [0.15, 0.2) is 28.9 Å². The Labute approximate surface area is 229 Å². The number of hydrogen-bond acceptors (Lipinski definition) is 15. The number of hydrogen-bond donors (Lipinski definition) is 7. The lowest BCUT2D eigenvalue weighted by molar-refractivity contribution is -0.0449. The van der Waals surface area contributed by atoms with Crippen LogP contribution in [-0.4, -0.2) is 103 Å². The number of rotatable bonds is 7. The molecule has 0 amide bonds. The maximum absolute atomic E-state index is 13.6. The van der Waals surface area contributed by atoms with Gasteiger partial charge in [-0.25, -0.2) is 19.9 Å². The quantitative estimate of drug-likeness (QED) is 0.112. The molecule has 0 saturated carbocycles. The second-order valence-corrected chi connectivity index (χ2v) is 11.8. The molecule has 0 aromatic carbocycles. The van der Waals surface area contributed by atoms with Crippen molar-refractivity contribution in [2.75, 3.05) is 24.7 Å². The molecule has 2 saturated heterocycles. The number of anilines is 2. The molecule has 4 aromatic rings. The summed E-state index contributed by atoms with van der Waals surface area (Å²) in [5, 5.41) is 31.5. The van der Waals surface area contributed by atoms with Crippen LogP contribution < -0.4 is 17.0 Å². The molecule has 0 radical (unpaired) electrons. The number of nitrogens with one attached hydrogen (secondary N) is 1. The van der Waals surface area contributed by atoms with E-state index in [1.807, 2.05) is 0 Å². The molecule has 0 spiro atoms. The predicted molar refractivity (Wildman–Crippen MR) is 138 cm³/mol. The highest BCUT2D eigenvalue weighted by atomic mass is 31.2. The molecule has 9 N–H and O–H groups in total. The van der Waals surface area contributed by atoms with Crippen molar-refractivity contribution >= 4 is 41.7 Å². The molecule has 4 aromatic heterocycles. The van der Waals surface area contributed by atoms with E-state index >= 15 is 0 Å². The minimum atomic E-state index is -4.80. The van der Waals surface area contributed by atoms with Gasteiger partial charge in [-0.15, -0.1) is 0 Å². The van der Waals surface area contributed by atoms with Gasteiger partial charge in [0, 0.05) is 5.92 Å². The fraction of sp³-hybridized carbons (Fsp3) is 0.524. The standard InChI is InChI=1S/C21H27N10O9P/c1-7-12(33)9(40-19(7)30-5-26-10-15(22)24-4-25-16(10)30)3-38-41(36,37)14-13(34)8(2-32)39-20(14)31-6-27-11-17(31)28-21(23)29-18(11)35/h4-9,12-14,19-20,32-34H,2-3H2,1H3,(H,36,37)(H2,22,24,25)(H3,23,28,29,35)/t7-,8+,9+,12-,13?,14+,19+,20+/m0/s1. The largest absolute Gasteiger partial charge is 0.394 e. The fourth-order valence-electron chi connectivity index (χ4n) is 5.26. The average molecular weight is 594 g/mol. The Balaban J connectivity index is 1.25. The monoisotopic (exact) mass is 594 g/mol. The summed E-state index contributed by atoms with van der Waals surface area (Å²) in [5.41, 5.74) is 9.74. The molecule has 19 nitrogen and oxygen atoms in total. The highest BCUT2D eigenvalue weighted by Gasteiger charge is 2.55. The van der Waals surface area contributed by atoms with E-state index < -0.39 is 74.8 Å². The lowest BCUT2D eigenvalue weighted by Gasteiger charge is -2.27. The zero-order chi connectivity index (χ0) is 29.2. The van der Waals surface area contributed by atoms with Crippen LogP contribution in [0.4, 0.5) is 11.8 Å². The number of nitrogen functional groups attached to an aromatic ring is 2. The number of aromatic nitrogens is 8. The molecular formula is C21H27N10O9P. The predicted octanol–water partition coefficient (Wildman–Crippen LogP) is -2.16. The van der Waals surface area contributed by atoms with Crippen LogP contribution in [0.2, 0.25) is 0 Å². The highest BCUT2D eigenvalue weighted by molar-refractivity contribution is 7.53. The van der Waals surface area contributed by atoms with Crippen LogP contribution in [0.1, 0.15) is 19.4 Å². The molecule has 0 bridgehead atoms. The molecule has 2 aliphatic rings. The second-order valence-electron chi connectivity index (χ2n) is 9.86. The third-order valence-corrected chi connectivity index (χ3v) is 9.22. The molecule has 2 aliphatic heterocycles. The molecule has 41 heavy (non-hydrogen) atoms. The van der Waals surface area contributed by atoms with Gasteiger partial charge in [-0.1, -0.05) is 6.92 Å². The second kappa shape index (κ2) is 10.1. The maximum Gasteiger partial charge on any atom is 0.338 e. The normalized spacial score (nSPS) is 31.7. The topological polar surface area (TPSA) is 285 Å². The Bertz CT molecular complexity index is 1710. The van der Waals surface area contributed by atoms with E-state index in [1.165, 1.54) is 12.7 Å². The van der Waals surface area contributed by atoms with Gasteiger partial charge in [0.25, 0.3) is 5.56 Å². The summed E-state index contributed by atoms with van der Waals surface area (Å²) < 4.78 is 33.4. The zero-order valence-electron chi connectivity index (χ0n) is 21.3. The number of nitrogens with two attached hydrogens (primary N) is 2. The van der Waals surface area contributed by atoms with E-state index in [9.17, 15) is 29.6 Å². The molecule has 20 heteroatoms. The summed E-state index contributed by atoms with van der Waals surface area (Å²) in [6, 6.07) is 0. The van der Waals surface area contributed by atoms with Gasteiger partial charge in [-0.2, -0.15) is 4.98 Å². The minimum Gasteiger partial charge on any atom is -0.394 e. The summed E-state index contributed by atoms with van der Waals surface area (Å²) in [6.45, 7) is 0.480. The van der Waals surface area contributed by atoms with Crippen molar-refractivity contribution in [3.05, 3.63) is 29.3 Å². The number of H-pyrrole nitrogens is 1. The van der Waals surface area contributed by atoms with Crippen molar-refractivity contribution in [3.63, 3.8) is 0 Å². The van der Waals surface area contributed by atoms with Gasteiger partial charge in [-0.05, 0) is 0 Å². The third kappa shape index (κ3) is 4.46. The highest BCUT2D eigenvalue weighted by Crippen LogP contribution is 2.57. The summed E-state index contributed by atoms with van der Waals surface area (Å²) in [5.74, 6) is -0.589. The summed E-state index contributed by atoms with van der Waals surface area (Å²) in [7, 11) is -4.80. The van der Waals surface area contributed by atoms with Crippen LogP contribution in [0.3, 0.4) is 0 Å². The van der Waals surface area contributed by atoms with E-state index in [4.69, 9.17) is 25.5 Å². The minimum absolute atomic E-state index is 0.0738. The van der Waals surface area contributed by atoms with Crippen LogP contribution in [0, 0.1) is 5.92 Å². The van der Waals surface area contributed by atoms with E-state index in [2.05, 4.69) is 29.9 Å². The number of fused-ring (bicyclic) bond motifs is 2. The lowest BCUT2D eigenvalue weighted by Crippen LogP contribution is -2.35. The van der Waals surface area contributed by atoms with Crippen molar-refractivity contribution in [2.24, 2.45) is 5.92 Å². The van der Waals surface area contributed by atoms with Crippen molar-refractivity contribution in [2.45, 2.75) is 49.5 Å². The maximum atomic E-state index is 13.6. The summed E-state index contributed by atoms with van der Waals surface area (Å²) in [6.07, 6.45) is -3.48. The van der Waals surface area contributed by atoms with Crippen molar-refractivity contribution in [1.29, 1.82) is 0 Å². The van der Waals surface area contributed by atoms with Crippen molar-refractivity contribution in [1.82, 2.24) is 39.0 Å². The summed E-state index contributed by atoms with van der Waals surface area (Å²) >= 11 is 0. The Hall–Kier alpha value is -3.55. The first-order valence-electron chi connectivity index (χ1n) is 12.4. The number of aliphatic hydroxyl groups excluding tert-OH is 3. The Morgan fingerprint density at radius 3 is 2.44 bits per heavy atom. The van der Waals surface area contributed by atoms with Crippen molar-refractivity contribution < 1.29 is 38.8 Å². The first-order chi connectivity index (χ1) is 19.5. The van der Waals surface area contributed by atoms with Gasteiger partial charge in [0.1, 0.15) is 42.0 Å². The number of imidazole rings is 2. The Morgan fingerprint density at radius 1 is 1.02 bits per heavy atom. The third-order valence-electron chi connectivity index (χ3n) is 7.39. The van der Waals surface area contributed by atoms with Crippen LogP contribution in [0.5, 0.6) is 0 Å². The zero-order valence-corrected chi connectivity index (χ0v) is 22.2. The summed E-state index contributed by atoms with van der Waals surface area (Å²) in [4.78, 5) is 45.9. The van der Waals surface area contributed by atoms with Crippen molar-refractivity contribution in [3.8, 4) is 0 Å². The van der Waals surface area contributed by atoms with E-state index in [0.29, 0.717) is 11.2 Å². The lowest BCUT2D eigenvalue weighted by atomic mass is 10.0. The van der Waals surface area contributed by atoms with Gasteiger partial charge in [0.05, 0.1) is 32.0 Å². The molecule has 2 unspecified atom stereocenters. The van der Waals surface area contributed by atoms with Crippen LogP contribution >= 0.6 is 7.60 Å². The molecule has 6 heterocycles. The van der Waals surface area contributed by atoms with Crippen LogP contribution in [-0.2, 0) is 18.6 Å². The van der Waals surface area contributed by atoms with Gasteiger partial charge >= 0.3 is 7.60 Å². The first kappa shape index (κ1) is 27.6. The molecule has 220 valence electrons. The number of nitrogens with zero attached hydrogens (tertiary/aromatic N) is 7. The molecule has 0 aliphatic carbocycles. The average Bonchev–Trinajstić information content (AvgIpc) is 3.68. The van der Waals surface area contributed by atoms with Gasteiger partial charge < -0.3 is 45.7 Å². The van der Waals surface area contributed by atoms with Crippen LogP contribution in [0.25, 0.3) is 22.3 Å². The van der Waals surface area contributed by atoms with E-state index in [1.54, 1.807) is 11.5 Å². The van der Waals surface area contributed by atoms with Crippen LogP contribution in [0.15, 0.2) is 23.8 Å². The Kier molecular flexibility index (Phi) is 6.78. The number of ether oxygens (including phenoxy) is 2. The van der Waals surface area contributed by atoms with E-state index in [0.717, 1.165) is 10.9 Å². The molecule has 2 fully saturated rings. The molecule has 9 atom stereocenters. The molecule has 6 rings (SSSR count). The van der Waals surface area contributed by atoms with Gasteiger partial charge in [0.2, 0.25) is 5.95 Å². The smallest absolute Gasteiger partial charge is 0.338 e. The first-order valence-corrected chi connectivity index (χ1v) is 14.1. The number of aliphatic hydroxyl groups is 3. The van der Waals surface area contributed by atoms with E-state index in [-0.39, 0.29) is 22.9 Å².